The van der Waals surface area contributed by atoms with Gasteiger partial charge in [-0.2, -0.15) is 0 Å². The summed E-state index contributed by atoms with van der Waals surface area (Å²) in [5.41, 5.74) is 1.14. The van der Waals surface area contributed by atoms with Crippen LogP contribution in [0, 0.1) is 6.92 Å². The summed E-state index contributed by atoms with van der Waals surface area (Å²) in [6, 6.07) is 11.6. The molecule has 1 N–H and O–H groups in total. The molecule has 1 heterocycles. The van der Waals surface area contributed by atoms with Crippen molar-refractivity contribution < 1.29 is 8.42 Å². The quantitative estimate of drug-likeness (QED) is 0.905. The Labute approximate surface area is 100 Å². The van der Waals surface area contributed by atoms with E-state index in [0.29, 0.717) is 11.4 Å². The van der Waals surface area contributed by atoms with Crippen LogP contribution < -0.4 is 4.72 Å². The van der Waals surface area contributed by atoms with E-state index in [0.717, 1.165) is 0 Å². The molecule has 4 nitrogen and oxygen atoms in total. The lowest BCUT2D eigenvalue weighted by Gasteiger charge is -2.09. The molecule has 2 aromatic rings. The molecule has 0 atom stereocenters. The molecule has 88 valence electrons. The van der Waals surface area contributed by atoms with Crippen LogP contribution >= 0.6 is 0 Å². The number of nitrogens with one attached hydrogen (secondary N) is 1. The molecule has 0 spiro atoms. The molecular weight excluding hydrogens is 236 g/mol. The zero-order chi connectivity index (χ0) is 12.3. The standard InChI is InChI=1S/C12H12N2O2S/c1-10-12(8-5-9-13-10)14-17(15,16)11-6-3-2-4-7-11/h2-9,14H,1H3. The molecule has 0 saturated heterocycles. The van der Waals surface area contributed by atoms with Gasteiger partial charge in [0.25, 0.3) is 10.0 Å². The Morgan fingerprint density at radius 3 is 2.41 bits per heavy atom. The fourth-order valence-corrected chi connectivity index (χ4v) is 2.53. The second kappa shape index (κ2) is 4.55. The average molecular weight is 248 g/mol. The largest absolute Gasteiger partial charge is 0.278 e. The highest BCUT2D eigenvalue weighted by molar-refractivity contribution is 7.92. The Morgan fingerprint density at radius 1 is 1.06 bits per heavy atom. The Balaban J connectivity index is 2.34. The van der Waals surface area contributed by atoms with Gasteiger partial charge in [-0.1, -0.05) is 18.2 Å². The van der Waals surface area contributed by atoms with E-state index in [9.17, 15) is 8.42 Å². The van der Waals surface area contributed by atoms with Gasteiger partial charge >= 0.3 is 0 Å². The van der Waals surface area contributed by atoms with Gasteiger partial charge in [0.05, 0.1) is 16.3 Å². The maximum absolute atomic E-state index is 12.0. The van der Waals surface area contributed by atoms with Crippen molar-refractivity contribution in [2.45, 2.75) is 11.8 Å². The van der Waals surface area contributed by atoms with Gasteiger partial charge in [-0.25, -0.2) is 8.42 Å². The SMILES string of the molecule is Cc1ncccc1NS(=O)(=O)c1ccccc1. The lowest BCUT2D eigenvalue weighted by molar-refractivity contribution is 0.601. The van der Waals surface area contributed by atoms with Gasteiger partial charge in [-0.15, -0.1) is 0 Å². The highest BCUT2D eigenvalue weighted by Gasteiger charge is 2.14. The van der Waals surface area contributed by atoms with Gasteiger partial charge in [0.2, 0.25) is 0 Å². The van der Waals surface area contributed by atoms with E-state index >= 15 is 0 Å². The van der Waals surface area contributed by atoms with Crippen LogP contribution in [-0.4, -0.2) is 13.4 Å². The second-order valence-electron chi connectivity index (χ2n) is 3.55. The first-order valence-corrected chi connectivity index (χ1v) is 6.57. The number of rotatable bonds is 3. The van der Waals surface area contributed by atoms with Crippen molar-refractivity contribution in [3.05, 3.63) is 54.4 Å². The minimum Gasteiger partial charge on any atom is -0.278 e. The van der Waals surface area contributed by atoms with Gasteiger partial charge in [-0.05, 0) is 31.2 Å². The first kappa shape index (κ1) is 11.6. The lowest BCUT2D eigenvalue weighted by atomic mass is 10.3. The summed E-state index contributed by atoms with van der Waals surface area (Å²) in [6.45, 7) is 1.75. The molecule has 2 rings (SSSR count). The van der Waals surface area contributed by atoms with Crippen LogP contribution in [0.15, 0.2) is 53.6 Å². The van der Waals surface area contributed by atoms with Crippen LogP contribution in [0.3, 0.4) is 0 Å². The van der Waals surface area contributed by atoms with Crippen molar-refractivity contribution in [3.63, 3.8) is 0 Å². The summed E-state index contributed by atoms with van der Waals surface area (Å²) in [5, 5.41) is 0. The molecule has 0 aliphatic carbocycles. The van der Waals surface area contributed by atoms with E-state index in [2.05, 4.69) is 9.71 Å². The number of aromatic nitrogens is 1. The smallest absolute Gasteiger partial charge is 0.261 e. The van der Waals surface area contributed by atoms with E-state index in [1.54, 1.807) is 55.6 Å². The predicted octanol–water partition coefficient (Wildman–Crippen LogP) is 2.19. The van der Waals surface area contributed by atoms with Crippen LogP contribution in [0.1, 0.15) is 5.69 Å². The Kier molecular flexibility index (Phi) is 3.10. The second-order valence-corrected chi connectivity index (χ2v) is 5.24. The summed E-state index contributed by atoms with van der Waals surface area (Å²) in [6.07, 6.45) is 1.62. The third-order valence-corrected chi connectivity index (χ3v) is 3.69. The minimum atomic E-state index is -3.53. The molecule has 5 heteroatoms. The van der Waals surface area contributed by atoms with Gasteiger partial charge in [0, 0.05) is 6.20 Å². The zero-order valence-electron chi connectivity index (χ0n) is 9.29. The fourth-order valence-electron chi connectivity index (χ4n) is 1.40. The molecule has 1 aromatic heterocycles. The van der Waals surface area contributed by atoms with Crippen molar-refractivity contribution in [3.8, 4) is 0 Å². The maximum Gasteiger partial charge on any atom is 0.261 e. The van der Waals surface area contributed by atoms with E-state index in [4.69, 9.17) is 0 Å². The molecule has 0 fully saturated rings. The van der Waals surface area contributed by atoms with Crippen molar-refractivity contribution in [1.82, 2.24) is 4.98 Å². The molecule has 0 aliphatic heterocycles. The molecule has 0 unspecified atom stereocenters. The highest BCUT2D eigenvalue weighted by Crippen LogP contribution is 2.17. The number of pyridine rings is 1. The number of benzene rings is 1. The number of hydrogen-bond acceptors (Lipinski definition) is 3. The number of anilines is 1. The summed E-state index contributed by atoms with van der Waals surface area (Å²) in [7, 11) is -3.53. The minimum absolute atomic E-state index is 0.239. The normalized spacial score (nSPS) is 11.1. The van der Waals surface area contributed by atoms with E-state index in [1.807, 2.05) is 0 Å². The van der Waals surface area contributed by atoms with E-state index in [-0.39, 0.29) is 4.90 Å². The van der Waals surface area contributed by atoms with Crippen molar-refractivity contribution >= 4 is 15.7 Å². The Morgan fingerprint density at radius 2 is 1.76 bits per heavy atom. The van der Waals surface area contributed by atoms with Gasteiger partial charge in [-0.3, -0.25) is 9.71 Å². The lowest BCUT2D eigenvalue weighted by Crippen LogP contribution is -2.13. The van der Waals surface area contributed by atoms with Gasteiger partial charge in [0.15, 0.2) is 0 Å². The van der Waals surface area contributed by atoms with Crippen LogP contribution in [0.4, 0.5) is 5.69 Å². The van der Waals surface area contributed by atoms with Crippen LogP contribution in [0.5, 0.6) is 0 Å². The fraction of sp³-hybridized carbons (Fsp3) is 0.0833. The third kappa shape index (κ3) is 2.62. The van der Waals surface area contributed by atoms with Crippen molar-refractivity contribution in [1.29, 1.82) is 0 Å². The maximum atomic E-state index is 12.0. The number of nitrogens with zero attached hydrogens (tertiary/aromatic N) is 1. The summed E-state index contributed by atoms with van der Waals surface area (Å²) in [4.78, 5) is 4.27. The highest BCUT2D eigenvalue weighted by atomic mass is 32.2. The van der Waals surface area contributed by atoms with E-state index < -0.39 is 10.0 Å². The molecule has 0 saturated carbocycles. The summed E-state index contributed by atoms with van der Waals surface area (Å²) >= 11 is 0. The number of hydrogen-bond donors (Lipinski definition) is 1. The van der Waals surface area contributed by atoms with Gasteiger partial charge < -0.3 is 0 Å². The molecule has 1 aromatic carbocycles. The van der Waals surface area contributed by atoms with E-state index in [1.165, 1.54) is 0 Å². The van der Waals surface area contributed by atoms with Crippen LogP contribution in [0.2, 0.25) is 0 Å². The van der Waals surface area contributed by atoms with Crippen molar-refractivity contribution in [2.75, 3.05) is 4.72 Å². The van der Waals surface area contributed by atoms with Crippen LogP contribution in [0.25, 0.3) is 0 Å². The number of aryl methyl sites for hydroxylation is 1. The summed E-state index contributed by atoms with van der Waals surface area (Å²) in [5.74, 6) is 0. The zero-order valence-corrected chi connectivity index (χ0v) is 10.1. The molecule has 0 bridgehead atoms. The first-order valence-electron chi connectivity index (χ1n) is 5.09. The molecular formula is C12H12N2O2S. The third-order valence-electron chi connectivity index (χ3n) is 2.30. The number of sulfonamides is 1. The topological polar surface area (TPSA) is 59.1 Å². The predicted molar refractivity (Wildman–Crippen MR) is 66.2 cm³/mol. The summed E-state index contributed by atoms with van der Waals surface area (Å²) < 4.78 is 26.5. The Bertz CT molecular complexity index is 609. The molecule has 17 heavy (non-hydrogen) atoms. The van der Waals surface area contributed by atoms with Crippen LogP contribution in [-0.2, 0) is 10.0 Å². The monoisotopic (exact) mass is 248 g/mol. The van der Waals surface area contributed by atoms with Gasteiger partial charge in [0.1, 0.15) is 0 Å². The molecule has 0 radical (unpaired) electrons. The first-order chi connectivity index (χ1) is 8.09. The average Bonchev–Trinajstić information content (AvgIpc) is 2.33. The molecule has 0 amide bonds. The Hall–Kier alpha value is -1.88. The van der Waals surface area contributed by atoms with Crippen molar-refractivity contribution in [2.24, 2.45) is 0 Å². The molecule has 0 aliphatic rings.